The zero-order valence-corrected chi connectivity index (χ0v) is 16.6. The van der Waals surface area contributed by atoms with Crippen molar-refractivity contribution in [3.05, 3.63) is 59.1 Å². The number of anilines is 1. The van der Waals surface area contributed by atoms with Crippen molar-refractivity contribution in [3.63, 3.8) is 0 Å². The second-order valence-corrected chi connectivity index (χ2v) is 6.24. The maximum absolute atomic E-state index is 12.8. The molecule has 2 rings (SSSR count). The molecule has 0 bridgehead atoms. The molecule has 0 atom stereocenters. The van der Waals surface area contributed by atoms with Crippen LogP contribution in [0.3, 0.4) is 0 Å². The Morgan fingerprint density at radius 2 is 1.96 bits per heavy atom. The molecule has 5 nitrogen and oxygen atoms in total. The standard InChI is InChI=1S/C21H24ClNO4/c1-5-7-14-11-15(12-19(25-3)20(14)26-4)21(24)23-17-13-16(22)8-9-18(17)27-10-6-2/h5,8-9,11-13H,1,6-7,10H2,2-4H3,(H,23,24). The van der Waals surface area contributed by atoms with E-state index in [1.54, 1.807) is 43.5 Å². The first-order chi connectivity index (χ1) is 13.0. The molecule has 1 N–H and O–H groups in total. The first-order valence-corrected chi connectivity index (χ1v) is 9.01. The Kier molecular flexibility index (Phi) is 7.55. The minimum absolute atomic E-state index is 0.301. The molecule has 2 aromatic rings. The molecular formula is C21H24ClNO4. The number of benzene rings is 2. The molecule has 6 heteroatoms. The highest BCUT2D eigenvalue weighted by atomic mass is 35.5. The summed E-state index contributed by atoms with van der Waals surface area (Å²) in [5.41, 5.74) is 1.76. The van der Waals surface area contributed by atoms with Crippen molar-refractivity contribution in [2.24, 2.45) is 0 Å². The number of nitrogens with one attached hydrogen (secondary N) is 1. The largest absolute Gasteiger partial charge is 0.493 e. The summed E-state index contributed by atoms with van der Waals surface area (Å²) >= 11 is 6.08. The molecule has 0 saturated heterocycles. The van der Waals surface area contributed by atoms with Crippen LogP contribution in [0, 0.1) is 0 Å². The van der Waals surface area contributed by atoms with Crippen LogP contribution >= 0.6 is 11.6 Å². The Labute approximate surface area is 164 Å². The van der Waals surface area contributed by atoms with Crippen LogP contribution in [0.2, 0.25) is 5.02 Å². The van der Waals surface area contributed by atoms with Crippen molar-refractivity contribution in [2.75, 3.05) is 26.1 Å². The number of ether oxygens (including phenoxy) is 3. The Morgan fingerprint density at radius 3 is 2.59 bits per heavy atom. The van der Waals surface area contributed by atoms with Gasteiger partial charge in [0, 0.05) is 16.1 Å². The van der Waals surface area contributed by atoms with Crippen LogP contribution in [0.1, 0.15) is 29.3 Å². The van der Waals surface area contributed by atoms with Crippen LogP contribution in [0.4, 0.5) is 5.69 Å². The van der Waals surface area contributed by atoms with Gasteiger partial charge >= 0.3 is 0 Å². The Balaban J connectivity index is 2.37. The van der Waals surface area contributed by atoms with Gasteiger partial charge in [-0.1, -0.05) is 24.6 Å². The van der Waals surface area contributed by atoms with Gasteiger partial charge in [-0.25, -0.2) is 0 Å². The first kappa shape index (κ1) is 20.6. The molecule has 1 amide bonds. The van der Waals surface area contributed by atoms with Crippen molar-refractivity contribution in [3.8, 4) is 17.2 Å². The maximum atomic E-state index is 12.8. The zero-order chi connectivity index (χ0) is 19.8. The van der Waals surface area contributed by atoms with Crippen LogP contribution in [0.5, 0.6) is 17.2 Å². The number of rotatable bonds is 9. The molecule has 0 saturated carbocycles. The number of carbonyl (C=O) groups is 1. The SMILES string of the molecule is C=CCc1cc(C(=O)Nc2cc(Cl)ccc2OCCC)cc(OC)c1OC. The molecule has 27 heavy (non-hydrogen) atoms. The monoisotopic (exact) mass is 389 g/mol. The van der Waals surface area contributed by atoms with Gasteiger partial charge in [0.25, 0.3) is 5.91 Å². The van der Waals surface area contributed by atoms with Crippen molar-refractivity contribution in [1.29, 1.82) is 0 Å². The number of halogens is 1. The highest BCUT2D eigenvalue weighted by molar-refractivity contribution is 6.31. The van der Waals surface area contributed by atoms with E-state index in [4.69, 9.17) is 25.8 Å². The smallest absolute Gasteiger partial charge is 0.255 e. The van der Waals surface area contributed by atoms with Crippen LogP contribution in [-0.2, 0) is 6.42 Å². The number of allylic oxidation sites excluding steroid dienone is 1. The first-order valence-electron chi connectivity index (χ1n) is 8.63. The van der Waals surface area contributed by atoms with Gasteiger partial charge in [-0.05, 0) is 43.2 Å². The van der Waals surface area contributed by atoms with Gasteiger partial charge in [0.2, 0.25) is 0 Å². The third kappa shape index (κ3) is 5.17. The zero-order valence-electron chi connectivity index (χ0n) is 15.8. The van der Waals surface area contributed by atoms with Crippen LogP contribution in [0.25, 0.3) is 0 Å². The summed E-state index contributed by atoms with van der Waals surface area (Å²) in [5, 5.41) is 3.37. The molecular weight excluding hydrogens is 366 g/mol. The number of carbonyl (C=O) groups excluding carboxylic acids is 1. The van der Waals surface area contributed by atoms with E-state index in [1.807, 2.05) is 6.92 Å². The molecule has 0 unspecified atom stereocenters. The molecule has 0 radical (unpaired) electrons. The fraction of sp³-hybridized carbons (Fsp3) is 0.286. The van der Waals surface area contributed by atoms with Crippen molar-refractivity contribution >= 4 is 23.2 Å². The number of hydrogen-bond donors (Lipinski definition) is 1. The Morgan fingerprint density at radius 1 is 1.19 bits per heavy atom. The van der Waals surface area contributed by atoms with Gasteiger partial charge in [-0.15, -0.1) is 6.58 Å². The number of methoxy groups -OCH3 is 2. The summed E-state index contributed by atoms with van der Waals surface area (Å²) in [4.78, 5) is 12.8. The minimum Gasteiger partial charge on any atom is -0.493 e. The Bertz CT molecular complexity index is 820. The van der Waals surface area contributed by atoms with Crippen LogP contribution < -0.4 is 19.5 Å². The van der Waals surface area contributed by atoms with E-state index in [9.17, 15) is 4.79 Å². The molecule has 144 valence electrons. The highest BCUT2D eigenvalue weighted by Crippen LogP contribution is 2.34. The summed E-state index contributed by atoms with van der Waals surface area (Å²) in [6.07, 6.45) is 3.14. The number of amides is 1. The normalized spacial score (nSPS) is 10.2. The van der Waals surface area contributed by atoms with Gasteiger partial charge in [0.15, 0.2) is 11.5 Å². The van der Waals surface area contributed by atoms with Gasteiger partial charge in [0.05, 0.1) is 26.5 Å². The molecule has 2 aromatic carbocycles. The van der Waals surface area contributed by atoms with Gasteiger partial charge in [-0.2, -0.15) is 0 Å². The van der Waals surface area contributed by atoms with E-state index in [2.05, 4.69) is 11.9 Å². The third-order valence-corrected chi connectivity index (χ3v) is 4.07. The van der Waals surface area contributed by atoms with Gasteiger partial charge in [-0.3, -0.25) is 4.79 Å². The van der Waals surface area contributed by atoms with Crippen LogP contribution in [-0.4, -0.2) is 26.7 Å². The quantitative estimate of drug-likeness (QED) is 0.604. The van der Waals surface area contributed by atoms with Crippen LogP contribution in [0.15, 0.2) is 43.0 Å². The topological polar surface area (TPSA) is 56.8 Å². The molecule has 0 aliphatic rings. The highest BCUT2D eigenvalue weighted by Gasteiger charge is 2.17. The molecule has 0 aliphatic carbocycles. The minimum atomic E-state index is -0.301. The maximum Gasteiger partial charge on any atom is 0.255 e. The average Bonchev–Trinajstić information content (AvgIpc) is 2.66. The average molecular weight is 390 g/mol. The molecule has 0 aromatic heterocycles. The summed E-state index contributed by atoms with van der Waals surface area (Å²) < 4.78 is 16.5. The van der Waals surface area contributed by atoms with E-state index in [1.165, 1.54) is 7.11 Å². The Hall–Kier alpha value is -2.66. The van der Waals surface area contributed by atoms with Crippen molar-refractivity contribution in [1.82, 2.24) is 0 Å². The lowest BCUT2D eigenvalue weighted by atomic mass is 10.0. The van der Waals surface area contributed by atoms with Gasteiger partial charge in [0.1, 0.15) is 5.75 Å². The molecule has 0 aliphatic heterocycles. The fourth-order valence-electron chi connectivity index (χ4n) is 2.61. The summed E-state index contributed by atoms with van der Waals surface area (Å²) in [7, 11) is 3.10. The van der Waals surface area contributed by atoms with Gasteiger partial charge < -0.3 is 19.5 Å². The van der Waals surface area contributed by atoms with E-state index in [-0.39, 0.29) is 5.91 Å². The summed E-state index contributed by atoms with van der Waals surface area (Å²) in [6, 6.07) is 8.52. The van der Waals surface area contributed by atoms with E-state index in [0.717, 1.165) is 12.0 Å². The van der Waals surface area contributed by atoms with E-state index in [0.29, 0.717) is 46.5 Å². The fourth-order valence-corrected chi connectivity index (χ4v) is 2.79. The lowest BCUT2D eigenvalue weighted by Gasteiger charge is -2.16. The predicted molar refractivity (Wildman–Crippen MR) is 109 cm³/mol. The number of hydrogen-bond acceptors (Lipinski definition) is 4. The lowest BCUT2D eigenvalue weighted by Crippen LogP contribution is -2.14. The predicted octanol–water partition coefficient (Wildman–Crippen LogP) is 5.13. The summed E-state index contributed by atoms with van der Waals surface area (Å²) in [5.74, 6) is 1.34. The van der Waals surface area contributed by atoms with E-state index >= 15 is 0 Å². The molecule has 0 fully saturated rings. The lowest BCUT2D eigenvalue weighted by molar-refractivity contribution is 0.102. The molecule has 0 spiro atoms. The van der Waals surface area contributed by atoms with Crippen molar-refractivity contribution in [2.45, 2.75) is 19.8 Å². The van der Waals surface area contributed by atoms with E-state index < -0.39 is 0 Å². The molecule has 0 heterocycles. The second kappa shape index (κ2) is 9.88. The third-order valence-electron chi connectivity index (χ3n) is 3.83. The second-order valence-electron chi connectivity index (χ2n) is 5.81. The summed E-state index contributed by atoms with van der Waals surface area (Å²) in [6.45, 7) is 6.31. The van der Waals surface area contributed by atoms with Crippen molar-refractivity contribution < 1.29 is 19.0 Å².